The van der Waals surface area contributed by atoms with Gasteiger partial charge in [-0.2, -0.15) is 5.26 Å². The normalized spacial score (nSPS) is 34.4. The van der Waals surface area contributed by atoms with Crippen molar-refractivity contribution < 1.29 is 9.47 Å². The standard InChI is InChI=1S/C18H17N3O2S2/c1-17(2)22-13-9-21-12-6-4-3-5-11(12)18(10-19,15(21)14(13)23-17)25-16-20-7-8-24-16/h3-8,13-15H,9H2,1-2H3/t13-,14-,15+,18-/m0/s1. The van der Waals surface area contributed by atoms with Gasteiger partial charge in [0, 0.05) is 29.4 Å². The third-order valence-corrected chi connectivity index (χ3v) is 7.36. The van der Waals surface area contributed by atoms with Crippen molar-refractivity contribution in [2.24, 2.45) is 0 Å². The fraction of sp³-hybridized carbons (Fsp3) is 0.444. The second-order valence-corrected chi connectivity index (χ2v) is 9.39. The van der Waals surface area contributed by atoms with Crippen LogP contribution in [0.25, 0.3) is 0 Å². The van der Waals surface area contributed by atoms with Gasteiger partial charge in [-0.25, -0.2) is 4.98 Å². The van der Waals surface area contributed by atoms with E-state index in [0.717, 1.165) is 22.1 Å². The van der Waals surface area contributed by atoms with E-state index < -0.39 is 10.5 Å². The largest absolute Gasteiger partial charge is 0.360 e. The van der Waals surface area contributed by atoms with Crippen LogP contribution in [0.4, 0.5) is 5.69 Å². The second-order valence-electron chi connectivity index (χ2n) is 7.00. The van der Waals surface area contributed by atoms with Gasteiger partial charge in [0.25, 0.3) is 0 Å². The Bertz CT molecular complexity index is 863. The zero-order valence-electron chi connectivity index (χ0n) is 13.9. The summed E-state index contributed by atoms with van der Waals surface area (Å²) in [6.45, 7) is 4.64. The first-order valence-electron chi connectivity index (χ1n) is 8.26. The zero-order chi connectivity index (χ0) is 17.2. The Morgan fingerprint density at radius 3 is 2.96 bits per heavy atom. The number of thioether (sulfide) groups is 1. The van der Waals surface area contributed by atoms with Gasteiger partial charge in [0.2, 0.25) is 0 Å². The van der Waals surface area contributed by atoms with Gasteiger partial charge in [0.1, 0.15) is 12.2 Å². The number of aromatic nitrogens is 1. The van der Waals surface area contributed by atoms with E-state index in [2.05, 4.69) is 28.1 Å². The molecule has 0 unspecified atom stereocenters. The number of nitriles is 1. The summed E-state index contributed by atoms with van der Waals surface area (Å²) in [7, 11) is 0. The molecular weight excluding hydrogens is 354 g/mol. The van der Waals surface area contributed by atoms with Crippen LogP contribution in [-0.2, 0) is 14.2 Å². The molecule has 0 saturated carbocycles. The fourth-order valence-electron chi connectivity index (χ4n) is 4.32. The number of ether oxygens (including phenoxy) is 2. The van der Waals surface area contributed by atoms with E-state index in [1.165, 1.54) is 0 Å². The SMILES string of the molecule is CC1(C)O[C@H]2[C@H](CN3c4ccccc4[C@](C#N)(Sc4nccs4)[C@@H]23)O1. The van der Waals surface area contributed by atoms with Crippen LogP contribution in [0.15, 0.2) is 40.2 Å². The van der Waals surface area contributed by atoms with Crippen LogP contribution in [0, 0.1) is 11.3 Å². The lowest BCUT2D eigenvalue weighted by Gasteiger charge is -2.32. The summed E-state index contributed by atoms with van der Waals surface area (Å²) in [5.74, 6) is -0.608. The van der Waals surface area contributed by atoms with Crippen LogP contribution < -0.4 is 4.90 Å². The summed E-state index contributed by atoms with van der Waals surface area (Å²) in [5.41, 5.74) is 2.16. The molecule has 0 spiro atoms. The van der Waals surface area contributed by atoms with Crippen LogP contribution in [0.1, 0.15) is 19.4 Å². The predicted molar refractivity (Wildman–Crippen MR) is 96.7 cm³/mol. The van der Waals surface area contributed by atoms with Crippen molar-refractivity contribution in [3.05, 3.63) is 41.4 Å². The van der Waals surface area contributed by atoms with Crippen LogP contribution >= 0.6 is 23.1 Å². The van der Waals surface area contributed by atoms with E-state index in [-0.39, 0.29) is 18.2 Å². The number of hydrogen-bond donors (Lipinski definition) is 0. The van der Waals surface area contributed by atoms with Gasteiger partial charge in [0.15, 0.2) is 14.9 Å². The Kier molecular flexibility index (Phi) is 3.26. The maximum absolute atomic E-state index is 10.3. The lowest BCUT2D eigenvalue weighted by Crippen LogP contribution is -2.46. The summed E-state index contributed by atoms with van der Waals surface area (Å²) in [6, 6.07) is 10.7. The van der Waals surface area contributed by atoms with Gasteiger partial charge < -0.3 is 14.4 Å². The Hall–Kier alpha value is -1.59. The van der Waals surface area contributed by atoms with Gasteiger partial charge >= 0.3 is 0 Å². The molecule has 1 aromatic heterocycles. The molecule has 0 amide bonds. The highest BCUT2D eigenvalue weighted by molar-refractivity contribution is 8.02. The Morgan fingerprint density at radius 2 is 2.20 bits per heavy atom. The number of thiazole rings is 1. The molecule has 0 N–H and O–H groups in total. The molecule has 0 aliphatic carbocycles. The highest BCUT2D eigenvalue weighted by Crippen LogP contribution is 2.59. The first-order chi connectivity index (χ1) is 12.0. The molecule has 5 rings (SSSR count). The molecule has 3 aliphatic heterocycles. The third-order valence-electron chi connectivity index (χ3n) is 5.10. The van der Waals surface area contributed by atoms with E-state index in [1.54, 1.807) is 29.3 Å². The van der Waals surface area contributed by atoms with Crippen molar-refractivity contribution in [1.82, 2.24) is 4.98 Å². The van der Waals surface area contributed by atoms with Crippen molar-refractivity contribution in [1.29, 1.82) is 5.26 Å². The second kappa shape index (κ2) is 5.21. The Labute approximate surface area is 154 Å². The number of para-hydroxylation sites is 1. The Balaban J connectivity index is 1.66. The average molecular weight is 371 g/mol. The monoisotopic (exact) mass is 371 g/mol. The van der Waals surface area contributed by atoms with Crippen molar-refractivity contribution in [2.45, 2.75) is 47.0 Å². The molecule has 0 radical (unpaired) electrons. The number of hydrogen-bond acceptors (Lipinski definition) is 7. The van der Waals surface area contributed by atoms with E-state index in [0.29, 0.717) is 0 Å². The van der Waals surface area contributed by atoms with Gasteiger partial charge in [-0.15, -0.1) is 11.3 Å². The summed E-state index contributed by atoms with van der Waals surface area (Å²) < 4.78 is 12.5. The molecule has 25 heavy (non-hydrogen) atoms. The molecule has 2 saturated heterocycles. The number of fused-ring (bicyclic) bond motifs is 5. The molecule has 2 fully saturated rings. The molecule has 4 atom stereocenters. The van der Waals surface area contributed by atoms with E-state index in [9.17, 15) is 5.26 Å². The molecule has 5 nitrogen and oxygen atoms in total. The van der Waals surface area contributed by atoms with Crippen molar-refractivity contribution in [3.8, 4) is 6.07 Å². The maximum atomic E-state index is 10.3. The smallest absolute Gasteiger partial charge is 0.163 e. The number of rotatable bonds is 2. The highest BCUT2D eigenvalue weighted by Gasteiger charge is 2.65. The average Bonchev–Trinajstić information content (AvgIpc) is 3.31. The lowest BCUT2D eigenvalue weighted by molar-refractivity contribution is -0.151. The van der Waals surface area contributed by atoms with Crippen molar-refractivity contribution in [3.63, 3.8) is 0 Å². The van der Waals surface area contributed by atoms with Gasteiger partial charge in [-0.1, -0.05) is 30.0 Å². The minimum atomic E-state index is -0.752. The molecule has 7 heteroatoms. The number of anilines is 1. The molecule has 3 aliphatic rings. The summed E-state index contributed by atoms with van der Waals surface area (Å²) >= 11 is 3.11. The molecule has 128 valence electrons. The number of benzene rings is 1. The zero-order valence-corrected chi connectivity index (χ0v) is 15.5. The summed E-state index contributed by atoms with van der Waals surface area (Å²) in [6.07, 6.45) is 1.64. The van der Waals surface area contributed by atoms with Gasteiger partial charge in [0.05, 0.1) is 12.1 Å². The molecule has 1 aromatic carbocycles. The first-order valence-corrected chi connectivity index (χ1v) is 9.95. The fourth-order valence-corrected chi connectivity index (χ4v) is 6.53. The lowest BCUT2D eigenvalue weighted by atomic mass is 9.91. The molecule has 4 heterocycles. The topological polar surface area (TPSA) is 58.4 Å². The summed E-state index contributed by atoms with van der Waals surface area (Å²) in [4.78, 5) is 6.71. The van der Waals surface area contributed by atoms with E-state index >= 15 is 0 Å². The minimum absolute atomic E-state index is 0.0158. The van der Waals surface area contributed by atoms with E-state index in [4.69, 9.17) is 9.47 Å². The van der Waals surface area contributed by atoms with Crippen LogP contribution in [-0.4, -0.2) is 35.6 Å². The molecule has 0 bridgehead atoms. The van der Waals surface area contributed by atoms with Crippen LogP contribution in [0.2, 0.25) is 0 Å². The van der Waals surface area contributed by atoms with Gasteiger partial charge in [-0.05, 0) is 19.9 Å². The first kappa shape index (κ1) is 15.6. The van der Waals surface area contributed by atoms with Crippen LogP contribution in [0.5, 0.6) is 0 Å². The highest BCUT2D eigenvalue weighted by atomic mass is 32.2. The van der Waals surface area contributed by atoms with E-state index in [1.807, 2.05) is 31.4 Å². The van der Waals surface area contributed by atoms with Crippen molar-refractivity contribution >= 4 is 28.8 Å². The van der Waals surface area contributed by atoms with Gasteiger partial charge in [-0.3, -0.25) is 0 Å². The van der Waals surface area contributed by atoms with Crippen LogP contribution in [0.3, 0.4) is 0 Å². The number of nitrogens with zero attached hydrogens (tertiary/aromatic N) is 3. The molecule has 2 aromatic rings. The predicted octanol–water partition coefficient (Wildman–Crippen LogP) is 3.38. The maximum Gasteiger partial charge on any atom is 0.163 e. The third kappa shape index (κ3) is 2.12. The quantitative estimate of drug-likeness (QED) is 0.807. The van der Waals surface area contributed by atoms with Crippen molar-refractivity contribution in [2.75, 3.05) is 11.4 Å². The summed E-state index contributed by atoms with van der Waals surface area (Å²) in [5, 5.41) is 12.3. The molecular formula is C18H17N3O2S2. The Morgan fingerprint density at radius 1 is 1.36 bits per heavy atom. The minimum Gasteiger partial charge on any atom is -0.360 e.